The van der Waals surface area contributed by atoms with Crippen LogP contribution in [0.15, 0.2) is 0 Å². The molecule has 0 bridgehead atoms. The number of carboxylic acid groups (broad SMARTS) is 1. The van der Waals surface area contributed by atoms with Crippen LogP contribution in [0.3, 0.4) is 0 Å². The lowest BCUT2D eigenvalue weighted by Gasteiger charge is -2.52. The monoisotopic (exact) mass is 213 g/mol. The van der Waals surface area contributed by atoms with Gasteiger partial charge in [0.25, 0.3) is 6.16 Å². The van der Waals surface area contributed by atoms with Gasteiger partial charge in [-0.2, -0.15) is 0 Å². The van der Waals surface area contributed by atoms with Gasteiger partial charge < -0.3 is 14.6 Å². The Morgan fingerprint density at radius 2 is 2.00 bits per heavy atom. The number of hydrogen-bond donors (Lipinski definition) is 0. The smallest absolute Gasteiger partial charge is 0.252 e. The maximum Gasteiger partial charge on any atom is 0.252 e. The zero-order valence-corrected chi connectivity index (χ0v) is 10.1. The minimum Gasteiger partial charge on any atom is -0.542 e. The van der Waals surface area contributed by atoms with Crippen molar-refractivity contribution in [3.05, 3.63) is 0 Å². The summed E-state index contributed by atoms with van der Waals surface area (Å²) in [6.07, 6.45) is 1.53. The summed E-state index contributed by atoms with van der Waals surface area (Å²) < 4.78 is 5.13. The Morgan fingerprint density at radius 1 is 1.40 bits per heavy atom. The van der Waals surface area contributed by atoms with Crippen molar-refractivity contribution in [2.24, 2.45) is 17.8 Å². The number of carbonyl (C=O) groups is 1. The second kappa shape index (κ2) is 4.42. The van der Waals surface area contributed by atoms with Crippen LogP contribution in [0.5, 0.6) is 0 Å². The van der Waals surface area contributed by atoms with E-state index < -0.39 is 11.8 Å². The molecule has 1 aliphatic rings. The maximum absolute atomic E-state index is 10.7. The molecule has 0 aromatic rings. The zero-order chi connectivity index (χ0) is 11.6. The first-order valence-corrected chi connectivity index (χ1v) is 5.84. The molecular formula is C12H21O3-. The molecule has 1 fully saturated rings. The van der Waals surface area contributed by atoms with Crippen LogP contribution in [0.4, 0.5) is 4.79 Å². The second-order valence-corrected chi connectivity index (χ2v) is 4.90. The summed E-state index contributed by atoms with van der Waals surface area (Å²) in [6, 6.07) is 0. The van der Waals surface area contributed by atoms with Crippen LogP contribution in [0.1, 0.15) is 47.0 Å². The Labute approximate surface area is 91.8 Å². The van der Waals surface area contributed by atoms with Gasteiger partial charge in [0, 0.05) is 0 Å². The van der Waals surface area contributed by atoms with Crippen LogP contribution < -0.4 is 5.11 Å². The van der Waals surface area contributed by atoms with Gasteiger partial charge in [-0.05, 0) is 30.6 Å². The Hall–Kier alpha value is -0.730. The molecule has 0 spiro atoms. The van der Waals surface area contributed by atoms with Crippen LogP contribution in [-0.4, -0.2) is 11.8 Å². The van der Waals surface area contributed by atoms with Gasteiger partial charge in [0.15, 0.2) is 0 Å². The van der Waals surface area contributed by atoms with Crippen molar-refractivity contribution in [1.29, 1.82) is 0 Å². The van der Waals surface area contributed by atoms with E-state index in [2.05, 4.69) is 20.8 Å². The summed E-state index contributed by atoms with van der Waals surface area (Å²) in [4.78, 5) is 10.7. The van der Waals surface area contributed by atoms with Crippen molar-refractivity contribution in [1.82, 2.24) is 0 Å². The van der Waals surface area contributed by atoms with Gasteiger partial charge in [0.05, 0.1) is 5.60 Å². The first-order valence-electron chi connectivity index (χ1n) is 5.84. The molecule has 4 atom stereocenters. The summed E-state index contributed by atoms with van der Waals surface area (Å²) in [7, 11) is 0. The van der Waals surface area contributed by atoms with Crippen molar-refractivity contribution in [2.45, 2.75) is 52.6 Å². The summed E-state index contributed by atoms with van der Waals surface area (Å²) in [5, 5.41) is 10.7. The minimum absolute atomic E-state index is 0.268. The predicted molar refractivity (Wildman–Crippen MR) is 56.2 cm³/mol. The molecule has 15 heavy (non-hydrogen) atoms. The molecule has 1 saturated carbocycles. The summed E-state index contributed by atoms with van der Waals surface area (Å²) >= 11 is 0. The van der Waals surface area contributed by atoms with Gasteiger partial charge in [-0.15, -0.1) is 0 Å². The standard InChI is InChI=1S/C12H22O3/c1-5-12(15-11(13)14)9(3)7-6-8(2)10(12)4/h8-10H,5-7H2,1-4H3,(H,13,14)/p-1. The molecule has 3 nitrogen and oxygen atoms in total. The fourth-order valence-corrected chi connectivity index (χ4v) is 3.03. The highest BCUT2D eigenvalue weighted by molar-refractivity contribution is 5.55. The SMILES string of the molecule is CCC1(OC(=O)[O-])C(C)CCC(C)C1C. The predicted octanol–water partition coefficient (Wildman–Crippen LogP) is 2.20. The molecule has 0 N–H and O–H groups in total. The Bertz CT molecular complexity index is 239. The number of carbonyl (C=O) groups excluding carboxylic acids is 1. The summed E-state index contributed by atoms with van der Waals surface area (Å²) in [5.41, 5.74) is -0.531. The third-order valence-corrected chi connectivity index (χ3v) is 4.34. The molecule has 0 radical (unpaired) electrons. The average Bonchev–Trinajstić information content (AvgIpc) is 2.18. The summed E-state index contributed by atoms with van der Waals surface area (Å²) in [6.45, 7) is 8.33. The van der Waals surface area contributed by atoms with Crippen LogP contribution in [-0.2, 0) is 4.74 Å². The summed E-state index contributed by atoms with van der Waals surface area (Å²) in [5.74, 6) is 1.07. The number of ether oxygens (including phenoxy) is 1. The molecule has 0 saturated heterocycles. The van der Waals surface area contributed by atoms with Crippen molar-refractivity contribution < 1.29 is 14.6 Å². The molecular weight excluding hydrogens is 192 g/mol. The lowest BCUT2D eigenvalue weighted by atomic mass is 9.64. The Balaban J connectivity index is 2.94. The second-order valence-electron chi connectivity index (χ2n) is 4.90. The third kappa shape index (κ3) is 2.11. The van der Waals surface area contributed by atoms with Gasteiger partial charge in [-0.3, -0.25) is 0 Å². The Kier molecular flexibility index (Phi) is 3.63. The van der Waals surface area contributed by atoms with E-state index in [1.165, 1.54) is 0 Å². The van der Waals surface area contributed by atoms with E-state index in [0.717, 1.165) is 19.3 Å². The van der Waals surface area contributed by atoms with Gasteiger partial charge >= 0.3 is 0 Å². The minimum atomic E-state index is -1.38. The molecule has 1 aliphatic carbocycles. The molecule has 0 heterocycles. The van der Waals surface area contributed by atoms with E-state index >= 15 is 0 Å². The average molecular weight is 213 g/mol. The fraction of sp³-hybridized carbons (Fsp3) is 0.917. The molecule has 88 valence electrons. The van der Waals surface area contributed by atoms with E-state index in [-0.39, 0.29) is 11.8 Å². The third-order valence-electron chi connectivity index (χ3n) is 4.34. The molecule has 1 rings (SSSR count). The number of hydrogen-bond acceptors (Lipinski definition) is 3. The van der Waals surface area contributed by atoms with E-state index in [4.69, 9.17) is 4.74 Å². The highest BCUT2D eigenvalue weighted by atomic mass is 16.7. The lowest BCUT2D eigenvalue weighted by molar-refractivity contribution is -0.306. The molecule has 4 unspecified atom stereocenters. The van der Waals surface area contributed by atoms with Crippen LogP contribution in [0, 0.1) is 17.8 Å². The lowest BCUT2D eigenvalue weighted by Crippen LogP contribution is -2.53. The first-order chi connectivity index (χ1) is 6.94. The van der Waals surface area contributed by atoms with Crippen LogP contribution in [0.25, 0.3) is 0 Å². The van der Waals surface area contributed by atoms with Crippen LogP contribution in [0.2, 0.25) is 0 Å². The van der Waals surface area contributed by atoms with E-state index in [1.54, 1.807) is 0 Å². The van der Waals surface area contributed by atoms with Crippen molar-refractivity contribution in [2.75, 3.05) is 0 Å². The molecule has 0 aliphatic heterocycles. The fourth-order valence-electron chi connectivity index (χ4n) is 3.03. The van der Waals surface area contributed by atoms with Gasteiger partial charge in [0.1, 0.15) is 0 Å². The largest absolute Gasteiger partial charge is 0.542 e. The van der Waals surface area contributed by atoms with Gasteiger partial charge in [0.2, 0.25) is 0 Å². The zero-order valence-electron chi connectivity index (χ0n) is 10.1. The topological polar surface area (TPSA) is 49.4 Å². The van der Waals surface area contributed by atoms with E-state index in [9.17, 15) is 9.90 Å². The first kappa shape index (κ1) is 12.3. The molecule has 3 heteroatoms. The van der Waals surface area contributed by atoms with E-state index in [0.29, 0.717) is 5.92 Å². The number of rotatable bonds is 2. The molecule has 0 aromatic heterocycles. The normalized spacial score (nSPS) is 41.2. The van der Waals surface area contributed by atoms with Crippen molar-refractivity contribution >= 4 is 6.16 Å². The molecule has 0 amide bonds. The quantitative estimate of drug-likeness (QED) is 0.661. The van der Waals surface area contributed by atoms with E-state index in [1.807, 2.05) is 6.92 Å². The van der Waals surface area contributed by atoms with Crippen molar-refractivity contribution in [3.8, 4) is 0 Å². The Morgan fingerprint density at radius 3 is 2.47 bits per heavy atom. The highest BCUT2D eigenvalue weighted by Crippen LogP contribution is 2.45. The maximum atomic E-state index is 10.7. The van der Waals surface area contributed by atoms with Crippen molar-refractivity contribution in [3.63, 3.8) is 0 Å². The van der Waals surface area contributed by atoms with Gasteiger partial charge in [-0.25, -0.2) is 0 Å². The van der Waals surface area contributed by atoms with Gasteiger partial charge in [-0.1, -0.05) is 34.1 Å². The highest BCUT2D eigenvalue weighted by Gasteiger charge is 2.44. The van der Waals surface area contributed by atoms with Crippen LogP contribution >= 0.6 is 0 Å². The molecule has 0 aromatic carbocycles.